The highest BCUT2D eigenvalue weighted by molar-refractivity contribution is 6.01. The van der Waals surface area contributed by atoms with Gasteiger partial charge in [0, 0.05) is 0 Å². The number of rotatable bonds is 5. The van der Waals surface area contributed by atoms with Gasteiger partial charge in [-0.1, -0.05) is 30.3 Å². The van der Waals surface area contributed by atoms with Crippen LogP contribution in [0.2, 0.25) is 0 Å². The second-order valence-corrected chi connectivity index (χ2v) is 4.74. The average Bonchev–Trinajstić information content (AvgIpc) is 2.60. The van der Waals surface area contributed by atoms with Crippen molar-refractivity contribution in [1.29, 1.82) is 0 Å². The van der Waals surface area contributed by atoms with Crippen molar-refractivity contribution in [2.45, 2.75) is 6.61 Å². The molecule has 0 saturated heterocycles. The number of carboxylic acids is 1. The summed E-state index contributed by atoms with van der Waals surface area (Å²) in [5, 5.41) is 11.6. The van der Waals surface area contributed by atoms with E-state index in [-0.39, 0.29) is 23.4 Å². The Morgan fingerprint density at radius 3 is 2.42 bits per heavy atom. The van der Waals surface area contributed by atoms with Crippen LogP contribution in [0.1, 0.15) is 26.3 Å². The highest BCUT2D eigenvalue weighted by atomic mass is 16.5. The number of aromatic carboxylic acids is 1. The third-order valence-electron chi connectivity index (χ3n) is 3.12. The molecule has 124 valence electrons. The molecule has 0 atom stereocenters. The summed E-state index contributed by atoms with van der Waals surface area (Å²) in [7, 11) is 1.19. The standard InChI is InChI=1S/C17H15NO6/c1-23-16(21)12-7-8-14(13(9-12)15(19)20)18-17(22)24-10-11-5-3-2-4-6-11/h2-9H,10H2,1H3,(H,18,22)(H,19,20). The van der Waals surface area contributed by atoms with E-state index in [0.29, 0.717) is 0 Å². The lowest BCUT2D eigenvalue weighted by Gasteiger charge is -2.10. The van der Waals surface area contributed by atoms with Gasteiger partial charge in [0.1, 0.15) is 6.61 Å². The Hall–Kier alpha value is -3.35. The maximum atomic E-state index is 11.8. The van der Waals surface area contributed by atoms with E-state index in [9.17, 15) is 19.5 Å². The van der Waals surface area contributed by atoms with Crippen LogP contribution in [0.3, 0.4) is 0 Å². The lowest BCUT2D eigenvalue weighted by atomic mass is 10.1. The van der Waals surface area contributed by atoms with Gasteiger partial charge in [0.2, 0.25) is 0 Å². The molecule has 0 radical (unpaired) electrons. The van der Waals surface area contributed by atoms with E-state index in [1.807, 2.05) is 18.2 Å². The van der Waals surface area contributed by atoms with Crippen LogP contribution in [-0.2, 0) is 16.1 Å². The fraction of sp³-hybridized carbons (Fsp3) is 0.118. The first-order chi connectivity index (χ1) is 11.5. The smallest absolute Gasteiger partial charge is 0.411 e. The number of carbonyl (C=O) groups excluding carboxylic acids is 2. The predicted molar refractivity (Wildman–Crippen MR) is 85.0 cm³/mol. The molecule has 24 heavy (non-hydrogen) atoms. The summed E-state index contributed by atoms with van der Waals surface area (Å²) in [6, 6.07) is 12.8. The minimum Gasteiger partial charge on any atom is -0.478 e. The number of nitrogens with one attached hydrogen (secondary N) is 1. The molecule has 0 aliphatic rings. The molecule has 0 fully saturated rings. The number of amides is 1. The van der Waals surface area contributed by atoms with Crippen LogP contribution in [0.5, 0.6) is 0 Å². The molecule has 0 aliphatic heterocycles. The number of esters is 1. The molecule has 2 N–H and O–H groups in total. The number of hydrogen-bond acceptors (Lipinski definition) is 5. The van der Waals surface area contributed by atoms with E-state index < -0.39 is 18.0 Å². The molecule has 0 spiro atoms. The molecule has 2 rings (SSSR count). The Morgan fingerprint density at radius 2 is 1.79 bits per heavy atom. The Kier molecular flexibility index (Phi) is 5.51. The highest BCUT2D eigenvalue weighted by Crippen LogP contribution is 2.19. The van der Waals surface area contributed by atoms with Crippen LogP contribution in [0, 0.1) is 0 Å². The number of methoxy groups -OCH3 is 1. The quantitative estimate of drug-likeness (QED) is 0.818. The zero-order chi connectivity index (χ0) is 17.5. The van der Waals surface area contributed by atoms with E-state index in [1.54, 1.807) is 12.1 Å². The maximum absolute atomic E-state index is 11.8. The molecule has 0 bridgehead atoms. The fourth-order valence-electron chi connectivity index (χ4n) is 1.94. The molecular formula is C17H15NO6. The molecule has 0 heterocycles. The molecule has 0 saturated carbocycles. The summed E-state index contributed by atoms with van der Waals surface area (Å²) in [6.45, 7) is 0.0509. The molecule has 1 amide bonds. The monoisotopic (exact) mass is 329 g/mol. The summed E-state index contributed by atoms with van der Waals surface area (Å²) in [5.74, 6) is -1.96. The van der Waals surface area contributed by atoms with Crippen LogP contribution < -0.4 is 5.32 Å². The van der Waals surface area contributed by atoms with Crippen molar-refractivity contribution in [2.75, 3.05) is 12.4 Å². The molecule has 7 nitrogen and oxygen atoms in total. The highest BCUT2D eigenvalue weighted by Gasteiger charge is 2.17. The van der Waals surface area contributed by atoms with Crippen molar-refractivity contribution in [3.63, 3.8) is 0 Å². The number of anilines is 1. The number of hydrogen-bond donors (Lipinski definition) is 2. The Balaban J connectivity index is 2.09. The van der Waals surface area contributed by atoms with E-state index in [0.717, 1.165) is 11.6 Å². The van der Waals surface area contributed by atoms with Crippen LogP contribution in [-0.4, -0.2) is 30.2 Å². The van der Waals surface area contributed by atoms with Gasteiger partial charge >= 0.3 is 18.0 Å². The van der Waals surface area contributed by atoms with Crippen LogP contribution >= 0.6 is 0 Å². The van der Waals surface area contributed by atoms with Crippen molar-refractivity contribution < 1.29 is 29.0 Å². The van der Waals surface area contributed by atoms with Crippen LogP contribution in [0.25, 0.3) is 0 Å². The second kappa shape index (κ2) is 7.77. The summed E-state index contributed by atoms with van der Waals surface area (Å²) >= 11 is 0. The third-order valence-corrected chi connectivity index (χ3v) is 3.12. The van der Waals surface area contributed by atoms with Gasteiger partial charge in [0.25, 0.3) is 0 Å². The third kappa shape index (κ3) is 4.33. The van der Waals surface area contributed by atoms with E-state index in [1.165, 1.54) is 19.2 Å². The van der Waals surface area contributed by atoms with E-state index >= 15 is 0 Å². The molecule has 0 aromatic heterocycles. The number of carbonyl (C=O) groups is 3. The summed E-state index contributed by atoms with van der Waals surface area (Å²) in [6.07, 6.45) is -0.799. The maximum Gasteiger partial charge on any atom is 0.411 e. The van der Waals surface area contributed by atoms with Crippen LogP contribution in [0.15, 0.2) is 48.5 Å². The van der Waals surface area contributed by atoms with Crippen molar-refractivity contribution in [1.82, 2.24) is 0 Å². The molecule has 7 heteroatoms. The number of ether oxygens (including phenoxy) is 2. The van der Waals surface area contributed by atoms with Gasteiger partial charge in [-0.3, -0.25) is 5.32 Å². The van der Waals surface area contributed by atoms with Gasteiger partial charge in [-0.25, -0.2) is 14.4 Å². The van der Waals surface area contributed by atoms with E-state index in [4.69, 9.17) is 4.74 Å². The van der Waals surface area contributed by atoms with Crippen LogP contribution in [0.4, 0.5) is 10.5 Å². The lowest BCUT2D eigenvalue weighted by molar-refractivity contribution is 0.0600. The first-order valence-corrected chi connectivity index (χ1v) is 6.94. The molecule has 2 aromatic carbocycles. The molecule has 0 unspecified atom stereocenters. The lowest BCUT2D eigenvalue weighted by Crippen LogP contribution is -2.16. The first-order valence-electron chi connectivity index (χ1n) is 6.94. The van der Waals surface area contributed by atoms with Crippen molar-refractivity contribution >= 4 is 23.7 Å². The largest absolute Gasteiger partial charge is 0.478 e. The summed E-state index contributed by atoms with van der Waals surface area (Å²) in [4.78, 5) is 34.6. The second-order valence-electron chi connectivity index (χ2n) is 4.74. The van der Waals surface area contributed by atoms with E-state index in [2.05, 4.69) is 10.1 Å². The van der Waals surface area contributed by atoms with Crippen molar-refractivity contribution in [3.8, 4) is 0 Å². The van der Waals surface area contributed by atoms with Gasteiger partial charge in [-0.2, -0.15) is 0 Å². The minimum absolute atomic E-state index is 0.0215. The zero-order valence-electron chi connectivity index (χ0n) is 12.8. The predicted octanol–water partition coefficient (Wildman–Crippen LogP) is 2.92. The Labute approximate surface area is 137 Å². The molecule has 2 aromatic rings. The molecular weight excluding hydrogens is 314 g/mol. The Bertz CT molecular complexity index is 757. The molecule has 0 aliphatic carbocycles. The zero-order valence-corrected chi connectivity index (χ0v) is 12.8. The summed E-state index contributed by atoms with van der Waals surface area (Å²) in [5.41, 5.74) is 0.646. The van der Waals surface area contributed by atoms with Gasteiger partial charge < -0.3 is 14.6 Å². The Morgan fingerprint density at radius 1 is 1.08 bits per heavy atom. The topological polar surface area (TPSA) is 102 Å². The van der Waals surface area contributed by atoms with Gasteiger partial charge in [-0.15, -0.1) is 0 Å². The summed E-state index contributed by atoms with van der Waals surface area (Å²) < 4.78 is 9.57. The normalized spacial score (nSPS) is 9.88. The minimum atomic E-state index is -1.29. The number of carboxylic acid groups (broad SMARTS) is 1. The SMILES string of the molecule is COC(=O)c1ccc(NC(=O)OCc2ccccc2)c(C(=O)O)c1. The van der Waals surface area contributed by atoms with Crippen molar-refractivity contribution in [2.24, 2.45) is 0 Å². The van der Waals surface area contributed by atoms with Gasteiger partial charge in [0.05, 0.1) is 23.9 Å². The van der Waals surface area contributed by atoms with Gasteiger partial charge in [0.15, 0.2) is 0 Å². The average molecular weight is 329 g/mol. The first kappa shape index (κ1) is 17.0. The van der Waals surface area contributed by atoms with Gasteiger partial charge in [-0.05, 0) is 23.8 Å². The number of benzene rings is 2. The van der Waals surface area contributed by atoms with Crippen molar-refractivity contribution in [3.05, 3.63) is 65.2 Å². The fourth-order valence-corrected chi connectivity index (χ4v) is 1.94.